The van der Waals surface area contributed by atoms with Crippen LogP contribution < -0.4 is 4.72 Å². The van der Waals surface area contributed by atoms with Gasteiger partial charge in [0, 0.05) is 11.4 Å². The second-order valence-electron chi connectivity index (χ2n) is 3.22. The summed E-state index contributed by atoms with van der Waals surface area (Å²) in [5.41, 5.74) is 3.92. The predicted molar refractivity (Wildman–Crippen MR) is 53.4 cm³/mol. The number of hydrogen-bond donors (Lipinski definition) is 1. The molecule has 1 aromatic rings. The molecule has 0 spiro atoms. The van der Waals surface area contributed by atoms with Crippen LogP contribution in [0, 0.1) is 6.92 Å². The highest BCUT2D eigenvalue weighted by atomic mass is 32.2. The first-order valence-electron chi connectivity index (χ1n) is 4.12. The maximum atomic E-state index is 4.15. The smallest absolute Gasteiger partial charge is 0.0661 e. The molecule has 2 heterocycles. The van der Waals surface area contributed by atoms with Crippen molar-refractivity contribution >= 4 is 17.6 Å². The highest BCUT2D eigenvalue weighted by Gasteiger charge is 2.16. The third-order valence-electron chi connectivity index (χ3n) is 2.13. The maximum Gasteiger partial charge on any atom is 0.0661 e. The largest absolute Gasteiger partial charge is 0.328 e. The number of anilines is 1. The van der Waals surface area contributed by atoms with E-state index in [1.807, 2.05) is 12.4 Å². The van der Waals surface area contributed by atoms with E-state index in [0.29, 0.717) is 5.25 Å². The maximum absolute atomic E-state index is 4.15. The summed E-state index contributed by atoms with van der Waals surface area (Å²) in [6, 6.07) is 0. The highest BCUT2D eigenvalue weighted by Crippen LogP contribution is 2.31. The van der Waals surface area contributed by atoms with Crippen LogP contribution in [0.1, 0.15) is 18.1 Å². The quantitative estimate of drug-likeness (QED) is 0.620. The summed E-state index contributed by atoms with van der Waals surface area (Å²) >= 11 is 1.78. The van der Waals surface area contributed by atoms with Gasteiger partial charge in [0.15, 0.2) is 0 Å². The molecule has 0 aliphatic carbocycles. The van der Waals surface area contributed by atoms with Crippen molar-refractivity contribution in [3.8, 4) is 0 Å². The molecule has 1 atom stereocenters. The Bertz CT molecular complexity index is 299. The van der Waals surface area contributed by atoms with Crippen molar-refractivity contribution < 1.29 is 0 Å². The second-order valence-corrected chi connectivity index (χ2v) is 4.46. The van der Waals surface area contributed by atoms with Crippen molar-refractivity contribution in [2.75, 3.05) is 4.72 Å². The van der Waals surface area contributed by atoms with Crippen LogP contribution in [0.3, 0.4) is 0 Å². The number of hydrogen-bond acceptors (Lipinski definition) is 3. The summed E-state index contributed by atoms with van der Waals surface area (Å²) in [5, 5.41) is 0.665. The zero-order chi connectivity index (χ0) is 8.55. The van der Waals surface area contributed by atoms with Gasteiger partial charge in [-0.15, -0.1) is 0 Å². The van der Waals surface area contributed by atoms with E-state index in [4.69, 9.17) is 0 Å². The van der Waals surface area contributed by atoms with Crippen molar-refractivity contribution in [2.24, 2.45) is 0 Å². The Balaban J connectivity index is 2.43. The van der Waals surface area contributed by atoms with Crippen molar-refractivity contribution in [3.05, 3.63) is 23.5 Å². The Kier molecular flexibility index (Phi) is 1.97. The van der Waals surface area contributed by atoms with E-state index in [-0.39, 0.29) is 0 Å². The first-order valence-corrected chi connectivity index (χ1v) is 5.00. The van der Waals surface area contributed by atoms with Crippen LogP contribution in [0.25, 0.3) is 0 Å². The molecule has 2 nitrogen and oxygen atoms in total. The van der Waals surface area contributed by atoms with Crippen LogP contribution in [0.4, 0.5) is 5.69 Å². The van der Waals surface area contributed by atoms with Crippen LogP contribution in [-0.4, -0.2) is 10.2 Å². The first-order chi connectivity index (χ1) is 5.77. The number of aromatic nitrogens is 1. The lowest BCUT2D eigenvalue weighted by molar-refractivity contribution is 0.922. The van der Waals surface area contributed by atoms with Crippen molar-refractivity contribution in [1.29, 1.82) is 0 Å². The lowest BCUT2D eigenvalue weighted by Gasteiger charge is -2.23. The summed E-state index contributed by atoms with van der Waals surface area (Å²) in [5.74, 6) is 0. The van der Waals surface area contributed by atoms with E-state index in [1.165, 1.54) is 16.8 Å². The van der Waals surface area contributed by atoms with E-state index in [2.05, 4.69) is 23.6 Å². The molecule has 1 aliphatic heterocycles. The fraction of sp³-hybridized carbons (Fsp3) is 0.444. The zero-order valence-corrected chi connectivity index (χ0v) is 8.11. The van der Waals surface area contributed by atoms with Gasteiger partial charge in [0.05, 0.1) is 11.9 Å². The number of nitrogens with one attached hydrogen (secondary N) is 1. The fourth-order valence-corrected chi connectivity index (χ4v) is 2.20. The monoisotopic (exact) mass is 180 g/mol. The average Bonchev–Trinajstić information content (AvgIpc) is 2.07. The van der Waals surface area contributed by atoms with Crippen LogP contribution in [0.5, 0.6) is 0 Å². The lowest BCUT2D eigenvalue weighted by Crippen LogP contribution is -2.14. The molecular formula is C9H12N2S. The van der Waals surface area contributed by atoms with Crippen LogP contribution in [0.15, 0.2) is 12.4 Å². The van der Waals surface area contributed by atoms with Gasteiger partial charge in [-0.1, -0.05) is 6.92 Å². The van der Waals surface area contributed by atoms with Gasteiger partial charge in [-0.3, -0.25) is 4.98 Å². The van der Waals surface area contributed by atoms with Gasteiger partial charge in [0.2, 0.25) is 0 Å². The number of rotatable bonds is 0. The molecule has 0 bridgehead atoms. The van der Waals surface area contributed by atoms with E-state index in [1.54, 1.807) is 11.9 Å². The summed E-state index contributed by atoms with van der Waals surface area (Å²) in [7, 11) is 0. The van der Waals surface area contributed by atoms with Gasteiger partial charge in [-0.05, 0) is 36.4 Å². The van der Waals surface area contributed by atoms with E-state index < -0.39 is 0 Å². The summed E-state index contributed by atoms with van der Waals surface area (Å²) in [6.07, 6.45) is 4.99. The molecule has 1 N–H and O–H groups in total. The molecule has 2 rings (SSSR count). The molecule has 0 saturated heterocycles. The molecule has 1 aromatic heterocycles. The molecule has 0 saturated carbocycles. The Morgan fingerprint density at radius 3 is 3.25 bits per heavy atom. The molecule has 1 aliphatic rings. The zero-order valence-electron chi connectivity index (χ0n) is 7.29. The van der Waals surface area contributed by atoms with E-state index >= 15 is 0 Å². The standard InChI is InChI=1S/C9H12N2S/c1-6-4-10-5-9-8(6)3-7(2)12-11-9/h4-5,7,11H,3H2,1-2H3/t7-/m1/s1. The molecule has 0 aromatic carbocycles. The summed E-state index contributed by atoms with van der Waals surface area (Å²) < 4.78 is 3.31. The van der Waals surface area contributed by atoms with Crippen molar-refractivity contribution in [2.45, 2.75) is 25.5 Å². The topological polar surface area (TPSA) is 24.9 Å². The SMILES string of the molecule is Cc1cncc2c1C[C@@H](C)SN2. The number of pyridine rings is 1. The predicted octanol–water partition coefficient (Wildman–Crippen LogP) is 2.39. The first kappa shape index (κ1) is 7.92. The summed E-state index contributed by atoms with van der Waals surface area (Å²) in [6.45, 7) is 4.36. The van der Waals surface area contributed by atoms with Crippen LogP contribution >= 0.6 is 11.9 Å². The summed E-state index contributed by atoms with van der Waals surface area (Å²) in [4.78, 5) is 4.15. The number of fused-ring (bicyclic) bond motifs is 1. The molecule has 0 amide bonds. The van der Waals surface area contributed by atoms with Gasteiger partial charge in [-0.25, -0.2) is 0 Å². The second kappa shape index (κ2) is 2.98. The minimum absolute atomic E-state index is 0.665. The Hall–Kier alpha value is -0.700. The van der Waals surface area contributed by atoms with Crippen LogP contribution in [0.2, 0.25) is 0 Å². The molecule has 12 heavy (non-hydrogen) atoms. The lowest BCUT2D eigenvalue weighted by atomic mass is 10.1. The minimum Gasteiger partial charge on any atom is -0.328 e. The number of nitrogens with zero attached hydrogens (tertiary/aromatic N) is 1. The van der Waals surface area contributed by atoms with Crippen molar-refractivity contribution in [3.63, 3.8) is 0 Å². The molecule has 3 heteroatoms. The van der Waals surface area contributed by atoms with Gasteiger partial charge in [-0.2, -0.15) is 0 Å². The Morgan fingerprint density at radius 1 is 1.58 bits per heavy atom. The molecule has 0 fully saturated rings. The number of aryl methyl sites for hydroxylation is 1. The third kappa shape index (κ3) is 1.29. The Morgan fingerprint density at radius 2 is 2.42 bits per heavy atom. The highest BCUT2D eigenvalue weighted by molar-refractivity contribution is 8.01. The van der Waals surface area contributed by atoms with Gasteiger partial charge in [0.1, 0.15) is 0 Å². The third-order valence-corrected chi connectivity index (χ3v) is 3.04. The van der Waals surface area contributed by atoms with Gasteiger partial charge < -0.3 is 4.72 Å². The van der Waals surface area contributed by atoms with Crippen LogP contribution in [-0.2, 0) is 6.42 Å². The average molecular weight is 180 g/mol. The van der Waals surface area contributed by atoms with Gasteiger partial charge in [0.25, 0.3) is 0 Å². The molecule has 0 unspecified atom stereocenters. The van der Waals surface area contributed by atoms with Crippen molar-refractivity contribution in [1.82, 2.24) is 4.98 Å². The molecular weight excluding hydrogens is 168 g/mol. The molecule has 0 radical (unpaired) electrons. The molecule has 64 valence electrons. The fourth-order valence-electron chi connectivity index (χ4n) is 1.44. The Labute approximate surface area is 76.9 Å². The normalized spacial score (nSPS) is 21.3. The van der Waals surface area contributed by atoms with E-state index in [9.17, 15) is 0 Å². The van der Waals surface area contributed by atoms with E-state index in [0.717, 1.165) is 6.42 Å². The van der Waals surface area contributed by atoms with Gasteiger partial charge >= 0.3 is 0 Å². The minimum atomic E-state index is 0.665.